The van der Waals surface area contributed by atoms with Crippen LogP contribution in [0.5, 0.6) is 0 Å². The second kappa shape index (κ2) is 6.30. The first kappa shape index (κ1) is 15.8. The first-order chi connectivity index (χ1) is 12.2. The van der Waals surface area contributed by atoms with E-state index in [1.165, 1.54) is 0 Å². The van der Waals surface area contributed by atoms with Gasteiger partial charge in [-0.15, -0.1) is 0 Å². The van der Waals surface area contributed by atoms with Crippen LogP contribution in [0.15, 0.2) is 60.8 Å². The summed E-state index contributed by atoms with van der Waals surface area (Å²) in [6.45, 7) is 1.45. The van der Waals surface area contributed by atoms with Crippen molar-refractivity contribution in [3.8, 4) is 22.4 Å². The van der Waals surface area contributed by atoms with Gasteiger partial charge in [-0.2, -0.15) is 5.10 Å². The molecule has 0 amide bonds. The van der Waals surface area contributed by atoms with Crippen LogP contribution in [0.25, 0.3) is 28.0 Å². The molecule has 0 bridgehead atoms. The maximum Gasteiger partial charge on any atom is 0.155 e. The summed E-state index contributed by atoms with van der Waals surface area (Å²) < 4.78 is 14.7. The summed E-state index contributed by atoms with van der Waals surface area (Å²) >= 11 is 6.42. The Balaban J connectivity index is 2.04. The Morgan fingerprint density at radius 1 is 1.04 bits per heavy atom. The van der Waals surface area contributed by atoms with E-state index in [1.807, 2.05) is 60.1 Å². The van der Waals surface area contributed by atoms with E-state index in [0.29, 0.717) is 10.6 Å². The van der Waals surface area contributed by atoms with Crippen molar-refractivity contribution in [2.75, 3.05) is 0 Å². The van der Waals surface area contributed by atoms with Crippen LogP contribution >= 0.6 is 11.6 Å². The second-order valence-electron chi connectivity index (χ2n) is 5.89. The van der Waals surface area contributed by atoms with Gasteiger partial charge in [0.1, 0.15) is 6.67 Å². The number of hydrogen-bond donors (Lipinski definition) is 0. The van der Waals surface area contributed by atoms with Gasteiger partial charge in [0, 0.05) is 34.0 Å². The second-order valence-corrected chi connectivity index (χ2v) is 6.29. The number of halogens is 2. The van der Waals surface area contributed by atoms with Gasteiger partial charge >= 0.3 is 0 Å². The van der Waals surface area contributed by atoms with Gasteiger partial charge in [-0.1, -0.05) is 54.1 Å². The van der Waals surface area contributed by atoms with Crippen LogP contribution in [0.3, 0.4) is 0 Å². The first-order valence-corrected chi connectivity index (χ1v) is 8.31. The Kier molecular flexibility index (Phi) is 3.98. The van der Waals surface area contributed by atoms with Gasteiger partial charge in [0.05, 0.1) is 11.4 Å². The molecule has 4 aromatic rings. The van der Waals surface area contributed by atoms with Gasteiger partial charge in [-0.05, 0) is 18.6 Å². The molecule has 2 aromatic carbocycles. The number of nitrogens with zero attached hydrogens (tertiary/aromatic N) is 3. The van der Waals surface area contributed by atoms with Gasteiger partial charge in [0.2, 0.25) is 0 Å². The van der Waals surface area contributed by atoms with Crippen molar-refractivity contribution in [1.82, 2.24) is 14.6 Å². The molecule has 0 saturated carbocycles. The van der Waals surface area contributed by atoms with E-state index in [-0.39, 0.29) is 0 Å². The number of benzene rings is 2. The van der Waals surface area contributed by atoms with Crippen LogP contribution in [-0.2, 0) is 6.67 Å². The molecule has 0 aliphatic heterocycles. The third kappa shape index (κ3) is 2.79. The molecule has 0 saturated heterocycles. The fourth-order valence-corrected chi connectivity index (χ4v) is 3.19. The molecule has 0 unspecified atom stereocenters. The molecule has 0 radical (unpaired) electrons. The van der Waals surface area contributed by atoms with Gasteiger partial charge < -0.3 is 0 Å². The molecule has 0 aliphatic rings. The van der Waals surface area contributed by atoms with Crippen molar-refractivity contribution in [2.45, 2.75) is 13.6 Å². The summed E-state index contributed by atoms with van der Waals surface area (Å²) in [6, 6.07) is 17.0. The van der Waals surface area contributed by atoms with Crippen molar-refractivity contribution in [1.29, 1.82) is 0 Å². The Morgan fingerprint density at radius 2 is 1.80 bits per heavy atom. The smallest absolute Gasteiger partial charge is 0.155 e. The average Bonchev–Trinajstić information content (AvgIpc) is 3.02. The highest BCUT2D eigenvalue weighted by molar-refractivity contribution is 6.33. The van der Waals surface area contributed by atoms with Crippen LogP contribution in [0.1, 0.15) is 11.3 Å². The van der Waals surface area contributed by atoms with Crippen LogP contribution in [-0.4, -0.2) is 14.6 Å². The summed E-state index contributed by atoms with van der Waals surface area (Å²) in [7, 11) is 0. The molecule has 2 heterocycles. The average molecular weight is 352 g/mol. The zero-order valence-electron chi connectivity index (χ0n) is 13.6. The number of rotatable bonds is 3. The third-order valence-electron chi connectivity index (χ3n) is 4.15. The summed E-state index contributed by atoms with van der Waals surface area (Å²) in [4.78, 5) is 4.52. The minimum Gasteiger partial charge on any atom is -0.246 e. The summed E-state index contributed by atoms with van der Waals surface area (Å²) in [6.07, 6.45) is 1.82. The van der Waals surface area contributed by atoms with E-state index in [4.69, 9.17) is 11.6 Å². The van der Waals surface area contributed by atoms with E-state index in [1.54, 1.807) is 12.1 Å². The maximum atomic E-state index is 12.9. The topological polar surface area (TPSA) is 30.2 Å². The molecule has 2 aromatic heterocycles. The first-order valence-electron chi connectivity index (χ1n) is 7.93. The highest BCUT2D eigenvalue weighted by Gasteiger charge is 2.16. The van der Waals surface area contributed by atoms with Crippen molar-refractivity contribution in [2.24, 2.45) is 0 Å². The standard InChI is InChI=1S/C20H15ClFN3/c1-13-10-19-23-12-17(16-4-2-3-5-18(16)21)20(25(19)24-13)15-8-6-14(11-22)7-9-15/h2-10,12H,11H2,1H3. The summed E-state index contributed by atoms with van der Waals surface area (Å²) in [5.74, 6) is 0. The number of aromatic nitrogens is 3. The lowest BCUT2D eigenvalue weighted by Crippen LogP contribution is -2.00. The van der Waals surface area contributed by atoms with Gasteiger partial charge in [0.25, 0.3) is 0 Å². The monoisotopic (exact) mass is 351 g/mol. The normalized spacial score (nSPS) is 11.2. The molecular weight excluding hydrogens is 337 g/mol. The molecule has 0 fully saturated rings. The van der Waals surface area contributed by atoms with Gasteiger partial charge in [-0.25, -0.2) is 13.9 Å². The van der Waals surface area contributed by atoms with Gasteiger partial charge in [-0.3, -0.25) is 0 Å². The molecule has 4 rings (SSSR count). The Labute approximate surface area is 149 Å². The van der Waals surface area contributed by atoms with Crippen LogP contribution in [0.2, 0.25) is 5.02 Å². The molecule has 25 heavy (non-hydrogen) atoms. The molecule has 124 valence electrons. The molecule has 0 atom stereocenters. The minimum absolute atomic E-state index is 0.482. The van der Waals surface area contributed by atoms with Crippen LogP contribution in [0, 0.1) is 6.92 Å². The zero-order valence-corrected chi connectivity index (χ0v) is 14.3. The minimum atomic E-state index is -0.482. The largest absolute Gasteiger partial charge is 0.246 e. The molecular formula is C20H15ClFN3. The quantitative estimate of drug-likeness (QED) is 0.488. The molecule has 0 spiro atoms. The van der Waals surface area contributed by atoms with Crippen LogP contribution in [0.4, 0.5) is 4.39 Å². The lowest BCUT2D eigenvalue weighted by atomic mass is 10.00. The van der Waals surface area contributed by atoms with Crippen molar-refractivity contribution >= 4 is 17.2 Å². The van der Waals surface area contributed by atoms with Crippen LogP contribution < -0.4 is 0 Å². The molecule has 0 N–H and O–H groups in total. The number of aryl methyl sites for hydroxylation is 1. The van der Waals surface area contributed by atoms with E-state index in [9.17, 15) is 4.39 Å². The third-order valence-corrected chi connectivity index (χ3v) is 4.48. The Hall–Kier alpha value is -2.72. The zero-order chi connectivity index (χ0) is 17.4. The predicted octanol–water partition coefficient (Wildman–Crippen LogP) is 5.49. The lowest BCUT2D eigenvalue weighted by Gasteiger charge is -2.13. The fourth-order valence-electron chi connectivity index (χ4n) is 2.95. The van der Waals surface area contributed by atoms with Crippen molar-refractivity contribution in [3.63, 3.8) is 0 Å². The number of hydrogen-bond acceptors (Lipinski definition) is 2. The van der Waals surface area contributed by atoms with E-state index in [2.05, 4.69) is 10.1 Å². The van der Waals surface area contributed by atoms with Crippen molar-refractivity contribution < 1.29 is 4.39 Å². The maximum absolute atomic E-state index is 12.9. The van der Waals surface area contributed by atoms with Gasteiger partial charge in [0.15, 0.2) is 5.65 Å². The van der Waals surface area contributed by atoms with Crippen molar-refractivity contribution in [3.05, 3.63) is 77.1 Å². The SMILES string of the molecule is Cc1cc2ncc(-c3ccccc3Cl)c(-c3ccc(CF)cc3)n2n1. The van der Waals surface area contributed by atoms with E-state index < -0.39 is 6.67 Å². The Morgan fingerprint density at radius 3 is 2.52 bits per heavy atom. The summed E-state index contributed by atoms with van der Waals surface area (Å²) in [5, 5.41) is 5.23. The lowest BCUT2D eigenvalue weighted by molar-refractivity contribution is 0.485. The number of alkyl halides is 1. The van der Waals surface area contributed by atoms with E-state index >= 15 is 0 Å². The molecule has 0 aliphatic carbocycles. The predicted molar refractivity (Wildman–Crippen MR) is 98.4 cm³/mol. The molecule has 3 nitrogen and oxygen atoms in total. The fraction of sp³-hybridized carbons (Fsp3) is 0.100. The van der Waals surface area contributed by atoms with E-state index in [0.717, 1.165) is 33.7 Å². The number of fused-ring (bicyclic) bond motifs is 1. The highest BCUT2D eigenvalue weighted by Crippen LogP contribution is 2.35. The summed E-state index contributed by atoms with van der Waals surface area (Å²) in [5.41, 5.74) is 5.87. The Bertz CT molecular complexity index is 1050. The molecule has 5 heteroatoms. The highest BCUT2D eigenvalue weighted by atomic mass is 35.5.